The van der Waals surface area contributed by atoms with Gasteiger partial charge in [-0.25, -0.2) is 4.79 Å². The highest BCUT2D eigenvalue weighted by molar-refractivity contribution is 5.99. The van der Waals surface area contributed by atoms with Crippen molar-refractivity contribution in [2.75, 3.05) is 13.2 Å². The summed E-state index contributed by atoms with van der Waals surface area (Å²) in [5, 5.41) is 56.0. The molecule has 0 spiro atoms. The Hall–Kier alpha value is -7.18. The van der Waals surface area contributed by atoms with Gasteiger partial charge in [0.2, 0.25) is 47.3 Å². The summed E-state index contributed by atoms with van der Waals surface area (Å²) in [6.45, 7) is 6.41. The average molecular weight is 1030 g/mol. The molecule has 2 rings (SSSR count). The van der Waals surface area contributed by atoms with Crippen LogP contribution in [0.2, 0.25) is 0 Å². The summed E-state index contributed by atoms with van der Waals surface area (Å²) in [6, 6.07) is 1.89. The zero-order chi connectivity index (χ0) is 54.1. The first kappa shape index (κ1) is 63.8. The number of benzene rings is 2. The summed E-state index contributed by atoms with van der Waals surface area (Å²) >= 11 is 0. The van der Waals surface area contributed by atoms with Crippen molar-refractivity contribution in [1.29, 1.82) is 0 Å². The molecular weight excluding hydrogens is 953 g/mol. The number of nitrogens with two attached hydrogens (primary N) is 3. The molecule has 0 fully saturated rings. The van der Waals surface area contributed by atoms with Crippen LogP contribution in [-0.4, -0.2) is 141 Å². The minimum Gasteiger partial charge on any atom is -0.508 e. The van der Waals surface area contributed by atoms with E-state index in [9.17, 15) is 68.4 Å². The van der Waals surface area contributed by atoms with Gasteiger partial charge in [-0.2, -0.15) is 0 Å². The number of unbranched alkanes of at least 4 members (excludes halogenated alkanes) is 1. The van der Waals surface area contributed by atoms with Gasteiger partial charge in [-0.1, -0.05) is 84.0 Å². The quantitative estimate of drug-likeness (QED) is 0.0365. The summed E-state index contributed by atoms with van der Waals surface area (Å²) in [6.07, 6.45) is -1.33. The topological polar surface area (TPSA) is 414 Å². The Morgan fingerprint density at radius 1 is 0.589 bits per heavy atom. The number of carboxylic acid groups (broad SMARTS) is 2. The van der Waals surface area contributed by atoms with Crippen molar-refractivity contribution in [2.24, 2.45) is 29.0 Å². The molecule has 24 heteroatoms. The van der Waals surface area contributed by atoms with E-state index in [4.69, 9.17) is 17.2 Å². The van der Waals surface area contributed by atoms with E-state index >= 15 is 0 Å². The van der Waals surface area contributed by atoms with Crippen LogP contribution in [0.3, 0.4) is 0 Å². The van der Waals surface area contributed by atoms with Crippen LogP contribution in [0.4, 0.5) is 0 Å². The number of carboxylic acids is 2. The molecule has 0 saturated carbocycles. The third kappa shape index (κ3) is 23.3. The molecule has 0 aliphatic heterocycles. The Balaban J connectivity index is 0.0000266. The molecule has 9 unspecified atom stereocenters. The Bertz CT molecular complexity index is 2150. The normalized spacial score (nSPS) is 14.6. The second kappa shape index (κ2) is 32.7. The fraction of sp³-hybridized carbons (Fsp3) is 0.551. The van der Waals surface area contributed by atoms with Crippen molar-refractivity contribution in [3.63, 3.8) is 0 Å². The lowest BCUT2D eigenvalue weighted by Gasteiger charge is -2.29. The molecule has 0 radical (unpaired) electrons. The first-order valence-corrected chi connectivity index (χ1v) is 23.7. The Kier molecular flexibility index (Phi) is 28.6. The van der Waals surface area contributed by atoms with Crippen molar-refractivity contribution in [2.45, 2.75) is 148 Å². The van der Waals surface area contributed by atoms with Gasteiger partial charge < -0.3 is 74.8 Å². The number of primary amides is 1. The van der Waals surface area contributed by atoms with Gasteiger partial charge in [-0.05, 0) is 73.7 Å². The van der Waals surface area contributed by atoms with Crippen LogP contribution < -0.4 is 54.4 Å². The number of phenolic OH excluding ortho intramolecular Hbond substituents is 1. The average Bonchev–Trinajstić information content (AvgIpc) is 3.32. The Morgan fingerprint density at radius 3 is 1.53 bits per heavy atom. The van der Waals surface area contributed by atoms with Gasteiger partial charge in [0.05, 0.1) is 13.0 Å². The molecule has 0 aliphatic carbocycles. The SMILES string of the molecule is C.CCC(C)C(NC(=O)C(N)CO)C(=O)NC(Cc1ccc(O)cc1)C(=O)NC(CC(N)=O)C(=O)NC(Cc1ccccc1)C(=O)NC(CCC(=O)O)C(=O)NC(CCCCN)C(=O)NC(CC(C)C)C(=O)O. The fourth-order valence-electron chi connectivity index (χ4n) is 7.21. The molecule has 0 heterocycles. The van der Waals surface area contributed by atoms with Gasteiger partial charge in [0.15, 0.2) is 0 Å². The highest BCUT2D eigenvalue weighted by atomic mass is 16.4. The maximum absolute atomic E-state index is 14.3. The van der Waals surface area contributed by atoms with Crippen molar-refractivity contribution in [3.05, 3.63) is 65.7 Å². The van der Waals surface area contributed by atoms with Gasteiger partial charge in [0.25, 0.3) is 0 Å². The second-order valence-corrected chi connectivity index (χ2v) is 17.9. The van der Waals surface area contributed by atoms with E-state index in [0.717, 1.165) is 0 Å². The molecule has 406 valence electrons. The number of phenols is 1. The van der Waals surface area contributed by atoms with Crippen LogP contribution in [0.25, 0.3) is 0 Å². The maximum Gasteiger partial charge on any atom is 0.326 e. The minimum atomic E-state index is -1.81. The molecular formula is C49H76N10O14. The van der Waals surface area contributed by atoms with Crippen molar-refractivity contribution in [1.82, 2.24) is 37.2 Å². The lowest BCUT2D eigenvalue weighted by Crippen LogP contribution is -2.61. The van der Waals surface area contributed by atoms with E-state index in [1.165, 1.54) is 24.3 Å². The molecule has 2 aromatic carbocycles. The minimum absolute atomic E-state index is 0. The first-order chi connectivity index (χ1) is 34.0. The summed E-state index contributed by atoms with van der Waals surface area (Å²) in [7, 11) is 0. The predicted molar refractivity (Wildman–Crippen MR) is 267 cm³/mol. The highest BCUT2D eigenvalue weighted by Crippen LogP contribution is 2.15. The number of rotatable bonds is 33. The van der Waals surface area contributed by atoms with Gasteiger partial charge >= 0.3 is 11.9 Å². The summed E-state index contributed by atoms with van der Waals surface area (Å²) < 4.78 is 0. The smallest absolute Gasteiger partial charge is 0.326 e. The lowest BCUT2D eigenvalue weighted by molar-refractivity contribution is -0.143. The molecule has 17 N–H and O–H groups in total. The largest absolute Gasteiger partial charge is 0.508 e. The monoisotopic (exact) mass is 1030 g/mol. The predicted octanol–water partition coefficient (Wildman–Crippen LogP) is -1.43. The molecule has 2 aromatic rings. The zero-order valence-electron chi connectivity index (χ0n) is 41.1. The molecule has 73 heavy (non-hydrogen) atoms. The lowest BCUT2D eigenvalue weighted by atomic mass is 9.96. The van der Waals surface area contributed by atoms with E-state index in [2.05, 4.69) is 37.2 Å². The van der Waals surface area contributed by atoms with Crippen LogP contribution >= 0.6 is 0 Å². The third-order valence-electron chi connectivity index (χ3n) is 11.5. The van der Waals surface area contributed by atoms with E-state index in [1.807, 2.05) is 0 Å². The molecule has 9 atom stereocenters. The number of nitrogens with one attached hydrogen (secondary N) is 7. The first-order valence-electron chi connectivity index (χ1n) is 23.7. The number of carbonyl (C=O) groups excluding carboxylic acids is 8. The van der Waals surface area contributed by atoms with Crippen LogP contribution in [0.15, 0.2) is 54.6 Å². The summed E-state index contributed by atoms with van der Waals surface area (Å²) in [5.74, 6) is -11.2. The summed E-state index contributed by atoms with van der Waals surface area (Å²) in [4.78, 5) is 133. The number of hydrogen-bond acceptors (Lipinski definition) is 14. The summed E-state index contributed by atoms with van der Waals surface area (Å²) in [5.41, 5.74) is 17.8. The number of carbonyl (C=O) groups is 10. The van der Waals surface area contributed by atoms with Crippen molar-refractivity contribution >= 4 is 59.2 Å². The van der Waals surface area contributed by atoms with E-state index in [-0.39, 0.29) is 51.3 Å². The van der Waals surface area contributed by atoms with Crippen LogP contribution in [0.1, 0.15) is 97.6 Å². The fourth-order valence-corrected chi connectivity index (χ4v) is 7.21. The molecule has 0 aliphatic rings. The van der Waals surface area contributed by atoms with E-state index < -0.39 is 139 Å². The Morgan fingerprint density at radius 2 is 1.05 bits per heavy atom. The van der Waals surface area contributed by atoms with E-state index in [0.29, 0.717) is 30.4 Å². The number of aliphatic hydroxyl groups excluding tert-OH is 1. The standard InChI is InChI=1S/C48H72N10O14.CH4/c1-5-27(4)40(58-41(64)31(50)25-59)47(70)56-35(23-29-14-16-30(60)17-15-29)45(68)55-36(24-38(51)61)46(69)54-34(22-28-11-7-6-8-12-28)44(67)53-33(18-19-39(62)63)43(66)52-32(13-9-10-20-49)42(65)57-37(48(71)72)21-26(2)3;/h6-8,11-12,14-17,26-27,31-37,40,59-60H,5,9-10,13,18-25,49-50H2,1-4H3,(H2,51,61)(H,52,66)(H,53,67)(H,54,69)(H,55,68)(H,56,70)(H,57,65)(H,58,64)(H,62,63)(H,71,72);1H4. The van der Waals surface area contributed by atoms with Crippen LogP contribution in [0, 0.1) is 11.8 Å². The number of amides is 8. The van der Waals surface area contributed by atoms with Crippen molar-refractivity contribution < 1.29 is 68.4 Å². The Labute approximate surface area is 425 Å². The number of hydrogen-bond donors (Lipinski definition) is 14. The number of aromatic hydroxyl groups is 1. The maximum atomic E-state index is 14.3. The van der Waals surface area contributed by atoms with Crippen molar-refractivity contribution in [3.8, 4) is 5.75 Å². The van der Waals surface area contributed by atoms with Gasteiger partial charge in [-0.15, -0.1) is 0 Å². The zero-order valence-corrected chi connectivity index (χ0v) is 41.1. The second-order valence-electron chi connectivity index (χ2n) is 17.9. The van der Waals surface area contributed by atoms with Gasteiger partial charge in [0.1, 0.15) is 54.1 Å². The third-order valence-corrected chi connectivity index (χ3v) is 11.5. The van der Waals surface area contributed by atoms with Crippen LogP contribution in [-0.2, 0) is 60.8 Å². The molecule has 0 aromatic heterocycles. The van der Waals surface area contributed by atoms with E-state index in [1.54, 1.807) is 58.0 Å². The van der Waals surface area contributed by atoms with Gasteiger partial charge in [0, 0.05) is 19.3 Å². The molecule has 0 saturated heterocycles. The molecule has 8 amide bonds. The van der Waals surface area contributed by atoms with Crippen LogP contribution in [0.5, 0.6) is 5.75 Å². The number of aliphatic carboxylic acids is 2. The highest BCUT2D eigenvalue weighted by Gasteiger charge is 2.36. The van der Waals surface area contributed by atoms with Gasteiger partial charge in [-0.3, -0.25) is 43.2 Å². The molecule has 0 bridgehead atoms. The molecule has 24 nitrogen and oxygen atoms in total. The number of aliphatic hydroxyl groups is 1.